The molecule has 1 aromatic carbocycles. The minimum atomic E-state index is -3.55. The van der Waals surface area contributed by atoms with Crippen LogP contribution in [-0.4, -0.2) is 74.2 Å². The zero-order valence-electron chi connectivity index (χ0n) is 20.4. The Morgan fingerprint density at radius 1 is 0.944 bits per heavy atom. The molecule has 0 bridgehead atoms. The van der Waals surface area contributed by atoms with E-state index in [0.29, 0.717) is 67.4 Å². The van der Waals surface area contributed by atoms with Crippen molar-refractivity contribution in [2.45, 2.75) is 55.5 Å². The number of hydrogen-bond acceptors (Lipinski definition) is 9. The average Bonchev–Trinajstić information content (AvgIpc) is 3.43. The second kappa shape index (κ2) is 11.0. The van der Waals surface area contributed by atoms with Crippen molar-refractivity contribution in [2.24, 2.45) is 0 Å². The molecule has 3 heterocycles. The number of sulfonamides is 1. The molecule has 2 aromatic rings. The Labute approximate surface area is 212 Å². The number of ether oxygens (including phenoxy) is 1. The van der Waals surface area contributed by atoms with Crippen LogP contribution in [0, 0.1) is 11.3 Å². The van der Waals surface area contributed by atoms with Crippen molar-refractivity contribution in [3.05, 3.63) is 36.0 Å². The highest BCUT2D eigenvalue weighted by Crippen LogP contribution is 2.26. The molecule has 1 aliphatic carbocycles. The fourth-order valence-corrected chi connectivity index (χ4v) is 6.60. The van der Waals surface area contributed by atoms with Crippen LogP contribution in [0.25, 0.3) is 0 Å². The molecule has 2 saturated heterocycles. The molecule has 0 atom stereocenters. The van der Waals surface area contributed by atoms with Gasteiger partial charge in [0.25, 0.3) is 0 Å². The first-order valence-electron chi connectivity index (χ1n) is 12.8. The maximum Gasteiger partial charge on any atom is 0.243 e. The van der Waals surface area contributed by atoms with E-state index in [1.54, 1.807) is 22.6 Å². The summed E-state index contributed by atoms with van der Waals surface area (Å²) < 4.78 is 33.4. The van der Waals surface area contributed by atoms with Gasteiger partial charge in [0.05, 0.1) is 24.3 Å². The first kappa shape index (κ1) is 24.7. The van der Waals surface area contributed by atoms with E-state index in [9.17, 15) is 13.7 Å². The number of nitrogens with zero attached hydrogens (tertiary/aromatic N) is 5. The summed E-state index contributed by atoms with van der Waals surface area (Å²) >= 11 is 0. The molecule has 192 valence electrons. The lowest BCUT2D eigenvalue weighted by Gasteiger charge is -2.32. The van der Waals surface area contributed by atoms with E-state index in [1.807, 2.05) is 12.1 Å². The molecule has 11 heteroatoms. The normalized spacial score (nSPS) is 20.2. The Kier molecular flexibility index (Phi) is 7.55. The standard InChI is InChI=1S/C25H33N7O3S/c26-17-19-18-27-25(30-24(19)28-20-3-1-2-4-20)29-21-9-11-32(12-10-21)36(33,34)23-7-5-22(6-8-23)31-13-15-35-16-14-31/h5-8,18,20-21H,1-4,9-16H2,(H2,27,28,29,30). The molecule has 2 N–H and O–H groups in total. The van der Waals surface area contributed by atoms with E-state index >= 15 is 0 Å². The van der Waals surface area contributed by atoms with Gasteiger partial charge in [-0.25, -0.2) is 13.4 Å². The first-order chi connectivity index (χ1) is 17.5. The molecule has 1 aromatic heterocycles. The van der Waals surface area contributed by atoms with Gasteiger partial charge in [0.2, 0.25) is 16.0 Å². The summed E-state index contributed by atoms with van der Waals surface area (Å²) in [6.07, 6.45) is 7.40. The molecular weight excluding hydrogens is 478 g/mol. The third-order valence-electron chi connectivity index (χ3n) is 7.24. The molecule has 0 unspecified atom stereocenters. The Bertz CT molecular complexity index is 1180. The fraction of sp³-hybridized carbons (Fsp3) is 0.560. The Morgan fingerprint density at radius 2 is 1.61 bits per heavy atom. The molecule has 2 aliphatic heterocycles. The summed E-state index contributed by atoms with van der Waals surface area (Å²) in [6, 6.07) is 9.74. The third kappa shape index (κ3) is 5.56. The summed E-state index contributed by atoms with van der Waals surface area (Å²) in [5.74, 6) is 1.04. The second-order valence-electron chi connectivity index (χ2n) is 9.61. The topological polar surface area (TPSA) is 123 Å². The van der Waals surface area contributed by atoms with Crippen LogP contribution in [0.1, 0.15) is 44.1 Å². The van der Waals surface area contributed by atoms with Gasteiger partial charge in [-0.15, -0.1) is 0 Å². The van der Waals surface area contributed by atoms with Gasteiger partial charge in [-0.3, -0.25) is 0 Å². The van der Waals surface area contributed by atoms with Crippen molar-refractivity contribution in [3.63, 3.8) is 0 Å². The molecule has 3 fully saturated rings. The molecule has 5 rings (SSSR count). The summed E-state index contributed by atoms with van der Waals surface area (Å²) in [5.41, 5.74) is 1.46. The summed E-state index contributed by atoms with van der Waals surface area (Å²) in [7, 11) is -3.55. The van der Waals surface area contributed by atoms with Gasteiger partial charge in [-0.05, 0) is 49.9 Å². The number of aromatic nitrogens is 2. The molecule has 0 amide bonds. The maximum atomic E-state index is 13.2. The van der Waals surface area contributed by atoms with Gasteiger partial charge in [-0.2, -0.15) is 14.6 Å². The van der Waals surface area contributed by atoms with Crippen LogP contribution in [0.4, 0.5) is 17.5 Å². The van der Waals surface area contributed by atoms with E-state index < -0.39 is 10.0 Å². The van der Waals surface area contributed by atoms with Crippen molar-refractivity contribution in [2.75, 3.05) is 54.9 Å². The maximum absolute atomic E-state index is 13.2. The Hall–Kier alpha value is -2.94. The van der Waals surface area contributed by atoms with Crippen LogP contribution in [0.2, 0.25) is 0 Å². The number of hydrogen-bond donors (Lipinski definition) is 2. The number of nitriles is 1. The van der Waals surface area contributed by atoms with Crippen molar-refractivity contribution in [3.8, 4) is 6.07 Å². The predicted molar refractivity (Wildman–Crippen MR) is 138 cm³/mol. The number of morpholine rings is 1. The molecule has 0 radical (unpaired) electrons. The quantitative estimate of drug-likeness (QED) is 0.577. The lowest BCUT2D eigenvalue weighted by Crippen LogP contribution is -2.42. The van der Waals surface area contributed by atoms with Crippen molar-refractivity contribution >= 4 is 27.5 Å². The van der Waals surface area contributed by atoms with Gasteiger partial charge in [0, 0.05) is 44.0 Å². The zero-order valence-corrected chi connectivity index (χ0v) is 21.2. The second-order valence-corrected chi connectivity index (χ2v) is 11.5. The van der Waals surface area contributed by atoms with E-state index in [4.69, 9.17) is 4.74 Å². The number of rotatable bonds is 7. The number of piperidine rings is 1. The SMILES string of the molecule is N#Cc1cnc(NC2CCN(S(=O)(=O)c3ccc(N4CCOCC4)cc3)CC2)nc1NC1CCCC1. The van der Waals surface area contributed by atoms with Gasteiger partial charge in [-0.1, -0.05) is 12.8 Å². The summed E-state index contributed by atoms with van der Waals surface area (Å²) in [5, 5.41) is 16.2. The van der Waals surface area contributed by atoms with Gasteiger partial charge in [0.15, 0.2) is 0 Å². The highest BCUT2D eigenvalue weighted by atomic mass is 32.2. The molecule has 10 nitrogen and oxygen atoms in total. The lowest BCUT2D eigenvalue weighted by molar-refractivity contribution is 0.122. The molecule has 36 heavy (non-hydrogen) atoms. The van der Waals surface area contributed by atoms with Crippen molar-refractivity contribution < 1.29 is 13.2 Å². The molecule has 1 saturated carbocycles. The number of anilines is 3. The van der Waals surface area contributed by atoms with Crippen LogP contribution in [0.5, 0.6) is 0 Å². The third-order valence-corrected chi connectivity index (χ3v) is 9.16. The highest BCUT2D eigenvalue weighted by molar-refractivity contribution is 7.89. The smallest absolute Gasteiger partial charge is 0.243 e. The lowest BCUT2D eigenvalue weighted by atomic mass is 10.1. The van der Waals surface area contributed by atoms with E-state index in [-0.39, 0.29) is 6.04 Å². The molecular formula is C25H33N7O3S. The van der Waals surface area contributed by atoms with Gasteiger partial charge in [0.1, 0.15) is 17.5 Å². The summed E-state index contributed by atoms with van der Waals surface area (Å²) in [6.45, 7) is 3.86. The van der Waals surface area contributed by atoms with E-state index in [0.717, 1.165) is 31.6 Å². The van der Waals surface area contributed by atoms with Crippen LogP contribution in [-0.2, 0) is 14.8 Å². The summed E-state index contributed by atoms with van der Waals surface area (Å²) in [4.78, 5) is 11.4. The van der Waals surface area contributed by atoms with Gasteiger partial charge < -0.3 is 20.3 Å². The largest absolute Gasteiger partial charge is 0.378 e. The Balaban J connectivity index is 1.18. The molecule has 0 spiro atoms. The minimum absolute atomic E-state index is 0.0624. The van der Waals surface area contributed by atoms with E-state index in [1.165, 1.54) is 12.8 Å². The predicted octanol–water partition coefficient (Wildman–Crippen LogP) is 2.80. The van der Waals surface area contributed by atoms with Crippen molar-refractivity contribution in [1.29, 1.82) is 5.26 Å². The van der Waals surface area contributed by atoms with Crippen molar-refractivity contribution in [1.82, 2.24) is 14.3 Å². The molecule has 3 aliphatic rings. The van der Waals surface area contributed by atoms with Crippen LogP contribution in [0.15, 0.2) is 35.4 Å². The van der Waals surface area contributed by atoms with E-state index in [2.05, 4.69) is 31.6 Å². The average molecular weight is 512 g/mol. The van der Waals surface area contributed by atoms with Crippen LogP contribution >= 0.6 is 0 Å². The fourth-order valence-electron chi connectivity index (χ4n) is 5.13. The van der Waals surface area contributed by atoms with Crippen LogP contribution < -0.4 is 15.5 Å². The van der Waals surface area contributed by atoms with Gasteiger partial charge >= 0.3 is 0 Å². The first-order valence-corrected chi connectivity index (χ1v) is 14.2. The number of nitrogens with one attached hydrogen (secondary N) is 2. The number of benzene rings is 1. The van der Waals surface area contributed by atoms with Crippen LogP contribution in [0.3, 0.4) is 0 Å². The Morgan fingerprint density at radius 3 is 2.28 bits per heavy atom. The monoisotopic (exact) mass is 511 g/mol. The minimum Gasteiger partial charge on any atom is -0.378 e. The highest BCUT2D eigenvalue weighted by Gasteiger charge is 2.30. The zero-order chi connectivity index (χ0) is 25.0.